The van der Waals surface area contributed by atoms with Crippen molar-refractivity contribution in [3.8, 4) is 0 Å². The van der Waals surface area contributed by atoms with Gasteiger partial charge in [-0.25, -0.2) is 17.8 Å². The summed E-state index contributed by atoms with van der Waals surface area (Å²) in [7, 11) is -3.66. The maximum atomic E-state index is 14.3. The van der Waals surface area contributed by atoms with Crippen molar-refractivity contribution in [1.29, 1.82) is 0 Å². The minimum absolute atomic E-state index is 0.00252. The van der Waals surface area contributed by atoms with Crippen LogP contribution in [0.5, 0.6) is 0 Å². The number of hydrogen-bond acceptors (Lipinski definition) is 6. The normalized spacial score (nSPS) is 16.8. The van der Waals surface area contributed by atoms with Crippen molar-refractivity contribution in [1.82, 2.24) is 19.1 Å². The van der Waals surface area contributed by atoms with Crippen LogP contribution in [0.1, 0.15) is 43.0 Å². The number of thiazole rings is 1. The van der Waals surface area contributed by atoms with E-state index in [4.69, 9.17) is 0 Å². The van der Waals surface area contributed by atoms with Gasteiger partial charge < -0.3 is 0 Å². The number of rotatable bonds is 8. The first-order valence-corrected chi connectivity index (χ1v) is 14.6. The first-order valence-electron chi connectivity index (χ1n) is 12.3. The number of aromatic nitrogens is 3. The Bertz CT molecular complexity index is 1490. The van der Waals surface area contributed by atoms with Crippen molar-refractivity contribution in [3.63, 3.8) is 0 Å². The number of sulfonamides is 1. The summed E-state index contributed by atoms with van der Waals surface area (Å²) in [5.74, 6) is -0.794. The Labute approximate surface area is 219 Å². The van der Waals surface area contributed by atoms with Crippen molar-refractivity contribution in [3.05, 3.63) is 72.3 Å². The summed E-state index contributed by atoms with van der Waals surface area (Å²) in [6.07, 6.45) is 6.96. The van der Waals surface area contributed by atoms with E-state index in [-0.39, 0.29) is 28.9 Å². The minimum Gasteiger partial charge on any atom is -0.282 e. The van der Waals surface area contributed by atoms with Crippen LogP contribution >= 0.6 is 11.3 Å². The fourth-order valence-corrected chi connectivity index (χ4v) is 7.47. The van der Waals surface area contributed by atoms with Crippen LogP contribution in [0.3, 0.4) is 0 Å². The van der Waals surface area contributed by atoms with E-state index in [2.05, 4.69) is 10.1 Å². The predicted molar refractivity (Wildman–Crippen MR) is 142 cm³/mol. The summed E-state index contributed by atoms with van der Waals surface area (Å²) in [5, 5.41) is 4.57. The standard InChI is InChI=1S/C26H28FN5O3S2/c1-2-20-7-3-4-16-32(20)37(34,35)21-12-10-19(11-13-21)25(33)31(18-17-30-15-6-14-28-30)26-29-24-22(27)8-5-9-23(24)36-26/h5-6,8-15,20H,2-4,7,16-18H2,1H3. The van der Waals surface area contributed by atoms with E-state index in [0.29, 0.717) is 28.5 Å². The summed E-state index contributed by atoms with van der Waals surface area (Å²) in [6, 6.07) is 12.6. The van der Waals surface area contributed by atoms with E-state index in [1.165, 1.54) is 46.6 Å². The number of nitrogens with zero attached hydrogens (tertiary/aromatic N) is 5. The van der Waals surface area contributed by atoms with Crippen LogP contribution in [0, 0.1) is 5.82 Å². The van der Waals surface area contributed by atoms with Crippen LogP contribution in [0.25, 0.3) is 10.2 Å². The zero-order chi connectivity index (χ0) is 26.0. The van der Waals surface area contributed by atoms with Gasteiger partial charge in [0.2, 0.25) is 10.0 Å². The van der Waals surface area contributed by atoms with E-state index >= 15 is 0 Å². The highest BCUT2D eigenvalue weighted by Crippen LogP contribution is 2.32. The molecule has 1 unspecified atom stereocenters. The summed E-state index contributed by atoms with van der Waals surface area (Å²) in [5.41, 5.74) is 0.540. The molecule has 2 aromatic carbocycles. The fraction of sp³-hybridized carbons (Fsp3) is 0.346. The molecule has 0 N–H and O–H groups in total. The summed E-state index contributed by atoms with van der Waals surface area (Å²) >= 11 is 1.23. The van der Waals surface area contributed by atoms with Crippen LogP contribution in [0.15, 0.2) is 65.8 Å². The molecule has 1 atom stereocenters. The molecular formula is C26H28FN5O3S2. The van der Waals surface area contributed by atoms with Crippen molar-refractivity contribution in [2.45, 2.75) is 50.1 Å². The molecule has 37 heavy (non-hydrogen) atoms. The molecular weight excluding hydrogens is 513 g/mol. The Morgan fingerprint density at radius 2 is 1.97 bits per heavy atom. The molecule has 2 aromatic heterocycles. The van der Waals surface area contributed by atoms with E-state index in [1.54, 1.807) is 39.6 Å². The number of carbonyl (C=O) groups is 1. The van der Waals surface area contributed by atoms with E-state index < -0.39 is 15.8 Å². The Hall–Kier alpha value is -3.15. The van der Waals surface area contributed by atoms with Gasteiger partial charge in [-0.3, -0.25) is 14.4 Å². The topological polar surface area (TPSA) is 88.4 Å². The molecule has 0 radical (unpaired) electrons. The molecule has 3 heterocycles. The van der Waals surface area contributed by atoms with E-state index in [0.717, 1.165) is 25.7 Å². The minimum atomic E-state index is -3.66. The number of anilines is 1. The summed E-state index contributed by atoms with van der Waals surface area (Å²) < 4.78 is 44.9. The number of amides is 1. The Morgan fingerprint density at radius 3 is 2.68 bits per heavy atom. The monoisotopic (exact) mass is 541 g/mol. The van der Waals surface area contributed by atoms with Crippen LogP contribution < -0.4 is 4.90 Å². The second kappa shape index (κ2) is 10.7. The number of hydrogen-bond donors (Lipinski definition) is 0. The van der Waals surface area contributed by atoms with Gasteiger partial charge in [0, 0.05) is 37.1 Å². The van der Waals surface area contributed by atoms with Crippen LogP contribution in [0.2, 0.25) is 0 Å². The van der Waals surface area contributed by atoms with Crippen LogP contribution in [-0.2, 0) is 16.6 Å². The van der Waals surface area contributed by atoms with Gasteiger partial charge in [0.05, 0.1) is 16.1 Å². The lowest BCUT2D eigenvalue weighted by Crippen LogP contribution is -2.43. The van der Waals surface area contributed by atoms with Gasteiger partial charge in [0.1, 0.15) is 11.3 Å². The molecule has 0 saturated carbocycles. The fourth-order valence-electron chi connectivity index (χ4n) is 4.70. The molecule has 1 aliphatic rings. The van der Waals surface area contributed by atoms with Crippen molar-refractivity contribution >= 4 is 42.6 Å². The highest BCUT2D eigenvalue weighted by Gasteiger charge is 2.32. The Balaban J connectivity index is 1.43. The molecule has 11 heteroatoms. The SMILES string of the molecule is CCC1CCCCN1S(=O)(=O)c1ccc(C(=O)N(CCn2cccn2)c2nc3c(F)cccc3s2)cc1. The smallest absolute Gasteiger partial charge is 0.260 e. The quantitative estimate of drug-likeness (QED) is 0.316. The highest BCUT2D eigenvalue weighted by molar-refractivity contribution is 7.89. The lowest BCUT2D eigenvalue weighted by atomic mass is 10.0. The zero-order valence-electron chi connectivity index (χ0n) is 20.5. The van der Waals surface area contributed by atoms with Gasteiger partial charge in [-0.05, 0) is 61.7 Å². The van der Waals surface area contributed by atoms with Crippen molar-refractivity contribution in [2.24, 2.45) is 0 Å². The summed E-state index contributed by atoms with van der Waals surface area (Å²) in [6.45, 7) is 3.19. The lowest BCUT2D eigenvalue weighted by Gasteiger charge is -2.34. The average Bonchev–Trinajstić information content (AvgIpc) is 3.60. The number of piperidine rings is 1. The summed E-state index contributed by atoms with van der Waals surface area (Å²) in [4.78, 5) is 19.7. The first-order chi connectivity index (χ1) is 17.9. The second-order valence-corrected chi connectivity index (χ2v) is 11.9. The molecule has 1 aliphatic heterocycles. The molecule has 8 nitrogen and oxygen atoms in total. The molecule has 1 fully saturated rings. The first kappa shape index (κ1) is 25.5. The Morgan fingerprint density at radius 1 is 1.16 bits per heavy atom. The van der Waals surface area contributed by atoms with E-state index in [9.17, 15) is 17.6 Å². The van der Waals surface area contributed by atoms with Gasteiger partial charge in [-0.1, -0.05) is 30.7 Å². The van der Waals surface area contributed by atoms with Gasteiger partial charge in [-0.15, -0.1) is 0 Å². The number of halogens is 1. The molecule has 0 spiro atoms. The van der Waals surface area contributed by atoms with Gasteiger partial charge >= 0.3 is 0 Å². The molecule has 0 bridgehead atoms. The second-order valence-electron chi connectivity index (χ2n) is 9.01. The maximum Gasteiger partial charge on any atom is 0.260 e. The third kappa shape index (κ3) is 5.16. The predicted octanol–water partition coefficient (Wildman–Crippen LogP) is 4.93. The van der Waals surface area contributed by atoms with Crippen molar-refractivity contribution in [2.75, 3.05) is 18.0 Å². The molecule has 5 rings (SSSR count). The van der Waals surface area contributed by atoms with Crippen LogP contribution in [-0.4, -0.2) is 52.5 Å². The lowest BCUT2D eigenvalue weighted by molar-refractivity contribution is 0.0985. The maximum absolute atomic E-state index is 14.3. The van der Waals surface area contributed by atoms with Gasteiger partial charge in [0.25, 0.3) is 5.91 Å². The number of para-hydroxylation sites is 1. The van der Waals surface area contributed by atoms with Gasteiger partial charge in [0.15, 0.2) is 5.13 Å². The molecule has 1 saturated heterocycles. The average molecular weight is 542 g/mol. The molecule has 1 amide bonds. The van der Waals surface area contributed by atoms with Gasteiger partial charge in [-0.2, -0.15) is 9.40 Å². The molecule has 4 aromatic rings. The highest BCUT2D eigenvalue weighted by atomic mass is 32.2. The zero-order valence-corrected chi connectivity index (χ0v) is 22.1. The number of benzene rings is 2. The number of carbonyl (C=O) groups excluding carboxylic acids is 1. The van der Waals surface area contributed by atoms with E-state index in [1.807, 2.05) is 6.92 Å². The molecule has 194 valence electrons. The Kier molecular flexibility index (Phi) is 7.36. The molecule has 0 aliphatic carbocycles. The van der Waals surface area contributed by atoms with Crippen molar-refractivity contribution < 1.29 is 17.6 Å². The third-order valence-corrected chi connectivity index (χ3v) is 9.71. The largest absolute Gasteiger partial charge is 0.282 e. The van der Waals surface area contributed by atoms with Crippen LogP contribution in [0.4, 0.5) is 9.52 Å². The third-order valence-electron chi connectivity index (χ3n) is 6.70. The number of fused-ring (bicyclic) bond motifs is 1.